The lowest BCUT2D eigenvalue weighted by atomic mass is 10.1. The molecule has 8 heteroatoms. The molecule has 0 saturated heterocycles. The Kier molecular flexibility index (Phi) is 6.41. The van der Waals surface area contributed by atoms with Gasteiger partial charge in [0, 0.05) is 18.3 Å². The Labute approximate surface area is 172 Å². The number of halogens is 1. The van der Waals surface area contributed by atoms with E-state index in [0.717, 1.165) is 17.3 Å². The van der Waals surface area contributed by atoms with Crippen molar-refractivity contribution in [3.63, 3.8) is 0 Å². The summed E-state index contributed by atoms with van der Waals surface area (Å²) in [5, 5.41) is 13.7. The Morgan fingerprint density at radius 2 is 2.03 bits per heavy atom. The SMILES string of the molecule is CC(NC(=O)c1ccc([N+](=O)[O-])cc1Cl)c1cccc(OCc2ccccn2)c1. The summed E-state index contributed by atoms with van der Waals surface area (Å²) in [7, 11) is 0. The number of rotatable bonds is 7. The first-order valence-corrected chi connectivity index (χ1v) is 9.19. The van der Waals surface area contributed by atoms with Crippen molar-refractivity contribution >= 4 is 23.2 Å². The summed E-state index contributed by atoms with van der Waals surface area (Å²) in [6.07, 6.45) is 1.70. The van der Waals surface area contributed by atoms with Gasteiger partial charge in [-0.2, -0.15) is 0 Å². The zero-order valence-electron chi connectivity index (χ0n) is 15.5. The van der Waals surface area contributed by atoms with Crippen molar-refractivity contribution < 1.29 is 14.5 Å². The molecule has 0 bridgehead atoms. The monoisotopic (exact) mass is 411 g/mol. The summed E-state index contributed by atoms with van der Waals surface area (Å²) >= 11 is 6.03. The first-order valence-electron chi connectivity index (χ1n) is 8.81. The van der Waals surface area contributed by atoms with Gasteiger partial charge in [0.15, 0.2) is 0 Å². The highest BCUT2D eigenvalue weighted by molar-refractivity contribution is 6.34. The normalized spacial score (nSPS) is 11.5. The number of ether oxygens (including phenoxy) is 1. The van der Waals surface area contributed by atoms with E-state index in [0.29, 0.717) is 12.4 Å². The van der Waals surface area contributed by atoms with Gasteiger partial charge in [0.25, 0.3) is 11.6 Å². The van der Waals surface area contributed by atoms with Crippen LogP contribution in [0.15, 0.2) is 66.9 Å². The van der Waals surface area contributed by atoms with Gasteiger partial charge in [-0.25, -0.2) is 0 Å². The second-order valence-electron chi connectivity index (χ2n) is 6.30. The fraction of sp³-hybridized carbons (Fsp3) is 0.143. The predicted octanol–water partition coefficient (Wildman–Crippen LogP) is 4.71. The minimum absolute atomic E-state index is 0.0244. The molecular weight excluding hydrogens is 394 g/mol. The van der Waals surface area contributed by atoms with Crippen molar-refractivity contribution in [2.75, 3.05) is 0 Å². The van der Waals surface area contributed by atoms with Gasteiger partial charge in [-0.05, 0) is 42.8 Å². The van der Waals surface area contributed by atoms with Crippen LogP contribution in [-0.2, 0) is 6.61 Å². The van der Waals surface area contributed by atoms with Crippen molar-refractivity contribution in [2.45, 2.75) is 19.6 Å². The number of amides is 1. The zero-order valence-corrected chi connectivity index (χ0v) is 16.3. The van der Waals surface area contributed by atoms with Crippen LogP contribution in [-0.4, -0.2) is 15.8 Å². The highest BCUT2D eigenvalue weighted by Crippen LogP contribution is 2.24. The van der Waals surface area contributed by atoms with Gasteiger partial charge in [-0.15, -0.1) is 0 Å². The second kappa shape index (κ2) is 9.16. The minimum atomic E-state index is -0.563. The van der Waals surface area contributed by atoms with E-state index in [9.17, 15) is 14.9 Å². The van der Waals surface area contributed by atoms with Crippen LogP contribution in [0.5, 0.6) is 5.75 Å². The number of non-ortho nitro benzene ring substituents is 1. The maximum absolute atomic E-state index is 12.5. The molecule has 0 saturated carbocycles. The Balaban J connectivity index is 1.66. The summed E-state index contributed by atoms with van der Waals surface area (Å²) in [6.45, 7) is 2.17. The highest BCUT2D eigenvalue weighted by Gasteiger charge is 2.17. The molecule has 0 fully saturated rings. The zero-order chi connectivity index (χ0) is 20.8. The average molecular weight is 412 g/mol. The largest absolute Gasteiger partial charge is 0.487 e. The number of aromatic nitrogens is 1. The molecule has 1 amide bonds. The molecule has 3 aromatic rings. The summed E-state index contributed by atoms with van der Waals surface area (Å²) in [6, 6.07) is 16.4. The molecule has 1 heterocycles. The average Bonchev–Trinajstić information content (AvgIpc) is 2.73. The number of hydrogen-bond acceptors (Lipinski definition) is 5. The number of benzene rings is 2. The summed E-state index contributed by atoms with van der Waals surface area (Å²) in [5.74, 6) is 0.236. The van der Waals surface area contributed by atoms with E-state index in [1.807, 2.05) is 49.4 Å². The first kappa shape index (κ1) is 20.3. The lowest BCUT2D eigenvalue weighted by Gasteiger charge is -2.16. The number of carbonyl (C=O) groups is 1. The minimum Gasteiger partial charge on any atom is -0.487 e. The number of nitro groups is 1. The Morgan fingerprint density at radius 3 is 2.72 bits per heavy atom. The maximum Gasteiger partial charge on any atom is 0.270 e. The quantitative estimate of drug-likeness (QED) is 0.448. The fourth-order valence-electron chi connectivity index (χ4n) is 2.67. The molecule has 2 aromatic carbocycles. The van der Waals surface area contributed by atoms with Crippen LogP contribution in [0.2, 0.25) is 5.02 Å². The molecule has 1 unspecified atom stereocenters. The number of nitrogens with one attached hydrogen (secondary N) is 1. The Morgan fingerprint density at radius 1 is 1.21 bits per heavy atom. The molecule has 0 spiro atoms. The molecule has 148 valence electrons. The number of nitrogens with zero attached hydrogens (tertiary/aromatic N) is 2. The smallest absolute Gasteiger partial charge is 0.270 e. The van der Waals surface area contributed by atoms with E-state index in [-0.39, 0.29) is 22.3 Å². The highest BCUT2D eigenvalue weighted by atomic mass is 35.5. The summed E-state index contributed by atoms with van der Waals surface area (Å²) in [4.78, 5) is 27.0. The molecule has 29 heavy (non-hydrogen) atoms. The third-order valence-corrected chi connectivity index (χ3v) is 4.54. The van der Waals surface area contributed by atoms with E-state index in [1.165, 1.54) is 12.1 Å². The van der Waals surface area contributed by atoms with Gasteiger partial charge in [-0.3, -0.25) is 19.9 Å². The van der Waals surface area contributed by atoms with Crippen LogP contribution >= 0.6 is 11.6 Å². The molecule has 7 nitrogen and oxygen atoms in total. The Bertz CT molecular complexity index is 1030. The van der Waals surface area contributed by atoms with Gasteiger partial charge in [0.2, 0.25) is 0 Å². The molecule has 0 aliphatic rings. The molecule has 3 rings (SSSR count). The van der Waals surface area contributed by atoms with Crippen LogP contribution in [0.4, 0.5) is 5.69 Å². The van der Waals surface area contributed by atoms with Crippen molar-refractivity contribution in [3.05, 3.63) is 98.8 Å². The van der Waals surface area contributed by atoms with E-state index >= 15 is 0 Å². The predicted molar refractivity (Wildman–Crippen MR) is 109 cm³/mol. The first-order chi connectivity index (χ1) is 13.9. The van der Waals surface area contributed by atoms with Crippen LogP contribution in [0, 0.1) is 10.1 Å². The molecular formula is C21H18ClN3O4. The molecule has 0 aliphatic heterocycles. The molecule has 0 aliphatic carbocycles. The van der Waals surface area contributed by atoms with Crippen LogP contribution in [0.3, 0.4) is 0 Å². The van der Waals surface area contributed by atoms with Gasteiger partial charge in [-0.1, -0.05) is 29.8 Å². The van der Waals surface area contributed by atoms with Crippen molar-refractivity contribution in [1.82, 2.24) is 10.3 Å². The second-order valence-corrected chi connectivity index (χ2v) is 6.71. The van der Waals surface area contributed by atoms with E-state index in [2.05, 4.69) is 10.3 Å². The lowest BCUT2D eigenvalue weighted by Crippen LogP contribution is -2.26. The molecule has 0 radical (unpaired) electrons. The van der Waals surface area contributed by atoms with Gasteiger partial charge in [0.05, 0.1) is 27.2 Å². The van der Waals surface area contributed by atoms with Gasteiger partial charge < -0.3 is 10.1 Å². The summed E-state index contributed by atoms with van der Waals surface area (Å²) < 4.78 is 5.77. The topological polar surface area (TPSA) is 94.4 Å². The molecule has 1 N–H and O–H groups in total. The standard InChI is InChI=1S/C21H18ClN3O4/c1-14(24-21(26)19-9-8-17(25(27)28)12-20(19)22)15-5-4-7-18(11-15)29-13-16-6-2-3-10-23-16/h2-12,14H,13H2,1H3,(H,24,26). The van der Waals surface area contributed by atoms with Gasteiger partial charge >= 0.3 is 0 Å². The van der Waals surface area contributed by atoms with Gasteiger partial charge in [0.1, 0.15) is 12.4 Å². The maximum atomic E-state index is 12.5. The third kappa shape index (κ3) is 5.30. The summed E-state index contributed by atoms with van der Waals surface area (Å²) in [5.41, 5.74) is 1.66. The van der Waals surface area contributed by atoms with E-state index in [1.54, 1.807) is 6.20 Å². The number of carbonyl (C=O) groups excluding carboxylic acids is 1. The van der Waals surface area contributed by atoms with Crippen molar-refractivity contribution in [3.8, 4) is 5.75 Å². The number of pyridine rings is 1. The van der Waals surface area contributed by atoms with Crippen LogP contribution in [0.25, 0.3) is 0 Å². The van der Waals surface area contributed by atoms with E-state index < -0.39 is 10.8 Å². The molecule has 1 atom stereocenters. The number of hydrogen-bond donors (Lipinski definition) is 1. The van der Waals surface area contributed by atoms with Crippen LogP contribution < -0.4 is 10.1 Å². The molecule has 1 aromatic heterocycles. The number of nitro benzene ring substituents is 1. The third-order valence-electron chi connectivity index (χ3n) is 4.23. The lowest BCUT2D eigenvalue weighted by molar-refractivity contribution is -0.384. The van der Waals surface area contributed by atoms with E-state index in [4.69, 9.17) is 16.3 Å². The van der Waals surface area contributed by atoms with Crippen LogP contribution in [0.1, 0.15) is 34.6 Å². The van der Waals surface area contributed by atoms with Crippen molar-refractivity contribution in [1.29, 1.82) is 0 Å². The van der Waals surface area contributed by atoms with Crippen molar-refractivity contribution in [2.24, 2.45) is 0 Å². The fourth-order valence-corrected chi connectivity index (χ4v) is 2.93. The Hall–Kier alpha value is -3.45.